The summed E-state index contributed by atoms with van der Waals surface area (Å²) in [5.74, 6) is -11.1. The van der Waals surface area contributed by atoms with Crippen LogP contribution < -0.4 is 0 Å². The van der Waals surface area contributed by atoms with Gasteiger partial charge in [0.2, 0.25) is 18.0 Å². The Morgan fingerprint density at radius 3 is 1.75 bits per heavy atom. The van der Waals surface area contributed by atoms with Crippen LogP contribution in [0.5, 0.6) is 0 Å². The monoisotopic (exact) mass is 236 g/mol. The first-order valence-corrected chi connectivity index (χ1v) is 3.82. The molecule has 2 rings (SSSR count). The average molecular weight is 236 g/mol. The Kier molecular flexibility index (Phi) is 2.33. The highest BCUT2D eigenvalue weighted by molar-refractivity contribution is 5.56. The molecule has 0 N–H and O–H groups in total. The maximum Gasteiger partial charge on any atom is 0.214 e. The number of hydrogen-bond donors (Lipinski definition) is 0. The first kappa shape index (κ1) is 10.5. The zero-order valence-corrected chi connectivity index (χ0v) is 7.27. The maximum absolute atomic E-state index is 13.1. The molecule has 1 aromatic heterocycles. The van der Waals surface area contributed by atoms with E-state index in [0.717, 1.165) is 0 Å². The molecule has 1 heterocycles. The summed E-state index contributed by atoms with van der Waals surface area (Å²) < 4.78 is 68.5. The van der Waals surface area contributed by atoms with E-state index in [-0.39, 0.29) is 0 Å². The molecule has 0 fully saturated rings. The second kappa shape index (κ2) is 3.54. The van der Waals surface area contributed by atoms with Gasteiger partial charge < -0.3 is 4.52 Å². The van der Waals surface area contributed by atoms with Gasteiger partial charge in [-0.3, -0.25) is 0 Å². The summed E-state index contributed by atoms with van der Waals surface area (Å²) in [6.45, 7) is 0. The minimum Gasteiger partial charge on any atom is -0.342 e. The fourth-order valence-corrected chi connectivity index (χ4v) is 1.08. The van der Waals surface area contributed by atoms with Gasteiger partial charge in [0.15, 0.2) is 23.3 Å². The van der Waals surface area contributed by atoms with E-state index in [9.17, 15) is 22.0 Å². The molecule has 0 aliphatic carbocycles. The molecule has 0 aliphatic rings. The van der Waals surface area contributed by atoms with Crippen molar-refractivity contribution in [3.8, 4) is 11.4 Å². The highest BCUT2D eigenvalue weighted by Gasteiger charge is 2.28. The van der Waals surface area contributed by atoms with Crippen LogP contribution in [0.3, 0.4) is 0 Å². The van der Waals surface area contributed by atoms with Crippen LogP contribution in [0.2, 0.25) is 0 Å². The molecular weight excluding hydrogens is 235 g/mol. The Morgan fingerprint density at radius 1 is 0.812 bits per heavy atom. The Labute approximate surface area is 84.5 Å². The summed E-state index contributed by atoms with van der Waals surface area (Å²) in [5, 5.41) is 3.00. The summed E-state index contributed by atoms with van der Waals surface area (Å²) >= 11 is 0. The van der Waals surface area contributed by atoms with Crippen molar-refractivity contribution in [2.24, 2.45) is 0 Å². The van der Waals surface area contributed by atoms with Crippen molar-refractivity contribution in [1.82, 2.24) is 10.1 Å². The lowest BCUT2D eigenvalue weighted by Crippen LogP contribution is -2.04. The molecule has 0 spiro atoms. The van der Waals surface area contributed by atoms with Gasteiger partial charge >= 0.3 is 0 Å². The molecule has 0 bridgehead atoms. The van der Waals surface area contributed by atoms with Crippen LogP contribution in [0.1, 0.15) is 0 Å². The van der Waals surface area contributed by atoms with Crippen molar-refractivity contribution in [1.29, 1.82) is 0 Å². The predicted octanol–water partition coefficient (Wildman–Crippen LogP) is 2.43. The molecule has 0 unspecified atom stereocenters. The van der Waals surface area contributed by atoms with Crippen molar-refractivity contribution in [3.63, 3.8) is 0 Å². The molecular formula is C8HF5N2O. The van der Waals surface area contributed by atoms with E-state index in [4.69, 9.17) is 0 Å². The van der Waals surface area contributed by atoms with E-state index < -0.39 is 40.5 Å². The number of hydrogen-bond acceptors (Lipinski definition) is 3. The van der Waals surface area contributed by atoms with Gasteiger partial charge in [-0.05, 0) is 0 Å². The quantitative estimate of drug-likeness (QED) is 0.433. The first-order valence-electron chi connectivity index (χ1n) is 3.82. The molecule has 0 saturated heterocycles. The second-order valence-corrected chi connectivity index (χ2v) is 2.70. The van der Waals surface area contributed by atoms with Gasteiger partial charge in [0, 0.05) is 0 Å². The molecule has 84 valence electrons. The highest BCUT2D eigenvalue weighted by Crippen LogP contribution is 2.29. The van der Waals surface area contributed by atoms with Crippen LogP contribution >= 0.6 is 0 Å². The Hall–Kier alpha value is -1.99. The van der Waals surface area contributed by atoms with Gasteiger partial charge in [-0.25, -0.2) is 22.0 Å². The van der Waals surface area contributed by atoms with Crippen molar-refractivity contribution in [3.05, 3.63) is 35.5 Å². The zero-order chi connectivity index (χ0) is 11.9. The van der Waals surface area contributed by atoms with E-state index >= 15 is 0 Å². The third kappa shape index (κ3) is 1.34. The molecule has 0 radical (unpaired) electrons. The van der Waals surface area contributed by atoms with E-state index in [0.29, 0.717) is 6.39 Å². The fraction of sp³-hybridized carbons (Fsp3) is 0. The lowest BCUT2D eigenvalue weighted by molar-refractivity contribution is 0.379. The zero-order valence-electron chi connectivity index (χ0n) is 7.27. The van der Waals surface area contributed by atoms with E-state index in [1.165, 1.54) is 0 Å². The Morgan fingerprint density at radius 2 is 1.31 bits per heavy atom. The molecule has 0 aliphatic heterocycles. The van der Waals surface area contributed by atoms with Gasteiger partial charge in [0.25, 0.3) is 0 Å². The summed E-state index contributed by atoms with van der Waals surface area (Å²) in [6.07, 6.45) is 0.702. The Balaban J connectivity index is 2.81. The third-order valence-electron chi connectivity index (χ3n) is 1.79. The average Bonchev–Trinajstić information content (AvgIpc) is 2.77. The van der Waals surface area contributed by atoms with Crippen LogP contribution in [0.15, 0.2) is 10.9 Å². The third-order valence-corrected chi connectivity index (χ3v) is 1.79. The van der Waals surface area contributed by atoms with Crippen molar-refractivity contribution in [2.75, 3.05) is 0 Å². The molecule has 0 amide bonds. The number of halogens is 5. The number of benzene rings is 1. The van der Waals surface area contributed by atoms with E-state index in [1.807, 2.05) is 0 Å². The molecule has 8 heteroatoms. The van der Waals surface area contributed by atoms with Crippen LogP contribution in [0.25, 0.3) is 11.4 Å². The van der Waals surface area contributed by atoms with Gasteiger partial charge in [-0.15, -0.1) is 0 Å². The SMILES string of the molecule is Fc1c(F)c(F)c(-c2ncon2)c(F)c1F. The minimum absolute atomic E-state index is 0.702. The Bertz CT molecular complexity index is 511. The number of rotatable bonds is 1. The topological polar surface area (TPSA) is 38.9 Å². The fourth-order valence-electron chi connectivity index (χ4n) is 1.08. The van der Waals surface area contributed by atoms with Gasteiger partial charge in [-0.2, -0.15) is 4.98 Å². The van der Waals surface area contributed by atoms with Gasteiger partial charge in [-0.1, -0.05) is 5.16 Å². The standard InChI is InChI=1S/C8HF5N2O/c9-3-2(8-14-1-16-15-8)4(10)6(12)7(13)5(3)11/h1H. The summed E-state index contributed by atoms with van der Waals surface area (Å²) in [4.78, 5) is 3.21. The van der Waals surface area contributed by atoms with E-state index in [2.05, 4.69) is 14.7 Å². The maximum atomic E-state index is 13.1. The molecule has 3 nitrogen and oxygen atoms in total. The van der Waals surface area contributed by atoms with Crippen LogP contribution in [-0.4, -0.2) is 10.1 Å². The molecule has 1 aromatic carbocycles. The lowest BCUT2D eigenvalue weighted by atomic mass is 10.1. The highest BCUT2D eigenvalue weighted by atomic mass is 19.2. The number of nitrogens with zero attached hydrogens (tertiary/aromatic N) is 2. The summed E-state index contributed by atoms with van der Waals surface area (Å²) in [7, 11) is 0. The summed E-state index contributed by atoms with van der Waals surface area (Å²) in [5.41, 5.74) is -1.22. The van der Waals surface area contributed by atoms with Crippen molar-refractivity contribution < 1.29 is 26.5 Å². The predicted molar refractivity (Wildman–Crippen MR) is 39.5 cm³/mol. The van der Waals surface area contributed by atoms with Gasteiger partial charge in [0.05, 0.1) is 0 Å². The molecule has 0 saturated carbocycles. The molecule has 16 heavy (non-hydrogen) atoms. The van der Waals surface area contributed by atoms with Gasteiger partial charge in [0.1, 0.15) is 5.56 Å². The van der Waals surface area contributed by atoms with Crippen molar-refractivity contribution >= 4 is 0 Å². The summed E-state index contributed by atoms with van der Waals surface area (Å²) in [6, 6.07) is 0. The van der Waals surface area contributed by atoms with Crippen LogP contribution in [0, 0.1) is 29.1 Å². The molecule has 2 aromatic rings. The van der Waals surface area contributed by atoms with Crippen LogP contribution in [0.4, 0.5) is 22.0 Å². The largest absolute Gasteiger partial charge is 0.342 e. The smallest absolute Gasteiger partial charge is 0.214 e. The minimum atomic E-state index is -2.23. The number of aromatic nitrogens is 2. The van der Waals surface area contributed by atoms with Crippen LogP contribution in [-0.2, 0) is 0 Å². The lowest BCUT2D eigenvalue weighted by Gasteiger charge is -2.03. The van der Waals surface area contributed by atoms with E-state index in [1.54, 1.807) is 0 Å². The molecule has 0 atom stereocenters. The first-order chi connectivity index (χ1) is 7.54. The van der Waals surface area contributed by atoms with Crippen molar-refractivity contribution in [2.45, 2.75) is 0 Å². The normalized spacial score (nSPS) is 10.8. The second-order valence-electron chi connectivity index (χ2n) is 2.70.